The molecule has 4 heterocycles. The number of hydrogen-bond donors (Lipinski definition) is 0. The molecule has 6 rings (SSSR count). The fourth-order valence-electron chi connectivity index (χ4n) is 4.65. The van der Waals surface area contributed by atoms with E-state index in [4.69, 9.17) is 9.72 Å². The van der Waals surface area contributed by atoms with E-state index in [9.17, 15) is 8.78 Å². The number of halogens is 2. The molecule has 5 aromatic rings. The molecule has 0 aliphatic carbocycles. The largest absolute Gasteiger partial charge is 0.379 e. The lowest BCUT2D eigenvalue weighted by Crippen LogP contribution is -2.35. The highest BCUT2D eigenvalue weighted by Gasteiger charge is 2.18. The lowest BCUT2D eigenvalue weighted by molar-refractivity contribution is 0.0342. The standard InChI is InChI=1S/C29H24F2N4O/c30-24-9-8-22(17-25(24)31)28-29(35-12-2-1-3-27(35)33-28)23-10-11-32-26(18-23)21-6-4-20(5-7-21)19-34-13-15-36-16-14-34/h1-12,17-18H,13-16,19H2. The molecule has 5 nitrogen and oxygen atoms in total. The van der Waals surface area contributed by atoms with E-state index in [0.29, 0.717) is 11.3 Å². The minimum absolute atomic E-state index is 0.512. The summed E-state index contributed by atoms with van der Waals surface area (Å²) >= 11 is 0. The van der Waals surface area contributed by atoms with Crippen molar-refractivity contribution in [3.05, 3.63) is 102 Å². The van der Waals surface area contributed by atoms with Gasteiger partial charge in [0.1, 0.15) is 5.65 Å². The zero-order valence-electron chi connectivity index (χ0n) is 19.6. The molecule has 0 N–H and O–H groups in total. The number of ether oxygens (including phenoxy) is 1. The van der Waals surface area contributed by atoms with Crippen molar-refractivity contribution in [1.29, 1.82) is 0 Å². The van der Waals surface area contributed by atoms with Crippen molar-refractivity contribution in [2.24, 2.45) is 0 Å². The Hall–Kier alpha value is -3.94. The minimum atomic E-state index is -0.900. The predicted octanol–water partition coefficient (Wildman–Crippen LogP) is 5.84. The zero-order chi connectivity index (χ0) is 24.5. The monoisotopic (exact) mass is 482 g/mol. The van der Waals surface area contributed by atoms with Crippen LogP contribution in [0.2, 0.25) is 0 Å². The molecule has 180 valence electrons. The molecule has 0 atom stereocenters. The number of benzene rings is 2. The maximum atomic E-state index is 14.1. The van der Waals surface area contributed by atoms with Gasteiger partial charge in [-0.15, -0.1) is 0 Å². The first-order valence-corrected chi connectivity index (χ1v) is 11.9. The van der Waals surface area contributed by atoms with E-state index in [1.807, 2.05) is 40.9 Å². The Kier molecular flexibility index (Phi) is 6.01. The third-order valence-corrected chi connectivity index (χ3v) is 6.52. The first-order chi connectivity index (χ1) is 17.7. The smallest absolute Gasteiger partial charge is 0.159 e. The number of morpholine rings is 1. The average Bonchev–Trinajstić information content (AvgIpc) is 3.31. The number of imidazole rings is 1. The summed E-state index contributed by atoms with van der Waals surface area (Å²) in [6, 6.07) is 22.0. The van der Waals surface area contributed by atoms with Gasteiger partial charge in [0.05, 0.1) is 30.3 Å². The second kappa shape index (κ2) is 9.60. The van der Waals surface area contributed by atoms with Gasteiger partial charge in [0.15, 0.2) is 11.6 Å². The fraction of sp³-hybridized carbons (Fsp3) is 0.172. The van der Waals surface area contributed by atoms with Crippen molar-refractivity contribution in [1.82, 2.24) is 19.3 Å². The molecule has 1 saturated heterocycles. The van der Waals surface area contributed by atoms with Crippen LogP contribution in [0.5, 0.6) is 0 Å². The Morgan fingerprint density at radius 2 is 1.61 bits per heavy atom. The maximum absolute atomic E-state index is 14.1. The zero-order valence-corrected chi connectivity index (χ0v) is 19.6. The van der Waals surface area contributed by atoms with Gasteiger partial charge in [-0.2, -0.15) is 0 Å². The first kappa shape index (κ1) is 22.5. The molecule has 7 heteroatoms. The van der Waals surface area contributed by atoms with Gasteiger partial charge in [0.2, 0.25) is 0 Å². The molecule has 0 amide bonds. The van der Waals surface area contributed by atoms with E-state index >= 15 is 0 Å². The van der Waals surface area contributed by atoms with Crippen molar-refractivity contribution in [2.45, 2.75) is 6.54 Å². The van der Waals surface area contributed by atoms with Gasteiger partial charge >= 0.3 is 0 Å². The second-order valence-electron chi connectivity index (χ2n) is 8.88. The molecule has 0 bridgehead atoms. The Bertz CT molecular complexity index is 1520. The van der Waals surface area contributed by atoms with Gasteiger partial charge in [-0.05, 0) is 48.0 Å². The summed E-state index contributed by atoms with van der Waals surface area (Å²) in [7, 11) is 0. The summed E-state index contributed by atoms with van der Waals surface area (Å²) < 4.78 is 35.1. The Morgan fingerprint density at radius 1 is 0.806 bits per heavy atom. The molecule has 1 fully saturated rings. The van der Waals surface area contributed by atoms with Crippen LogP contribution in [0.15, 0.2) is 85.2 Å². The highest BCUT2D eigenvalue weighted by molar-refractivity contribution is 5.83. The van der Waals surface area contributed by atoms with Crippen LogP contribution in [0.4, 0.5) is 8.78 Å². The van der Waals surface area contributed by atoms with E-state index < -0.39 is 11.6 Å². The summed E-state index contributed by atoms with van der Waals surface area (Å²) in [4.78, 5) is 11.7. The molecular weight excluding hydrogens is 458 g/mol. The molecule has 2 aromatic carbocycles. The minimum Gasteiger partial charge on any atom is -0.379 e. The fourth-order valence-corrected chi connectivity index (χ4v) is 4.65. The molecule has 0 saturated carbocycles. The molecule has 3 aromatic heterocycles. The second-order valence-corrected chi connectivity index (χ2v) is 8.88. The average molecular weight is 483 g/mol. The van der Waals surface area contributed by atoms with Crippen LogP contribution in [0.3, 0.4) is 0 Å². The molecule has 36 heavy (non-hydrogen) atoms. The van der Waals surface area contributed by atoms with Gasteiger partial charge in [-0.3, -0.25) is 14.3 Å². The summed E-state index contributed by atoms with van der Waals surface area (Å²) in [5.74, 6) is -1.78. The van der Waals surface area contributed by atoms with Crippen molar-refractivity contribution in [2.75, 3.05) is 26.3 Å². The lowest BCUT2D eigenvalue weighted by atomic mass is 10.0. The van der Waals surface area contributed by atoms with E-state index in [1.165, 1.54) is 11.6 Å². The third-order valence-electron chi connectivity index (χ3n) is 6.52. The van der Waals surface area contributed by atoms with Gasteiger partial charge < -0.3 is 4.74 Å². The van der Waals surface area contributed by atoms with E-state index in [-0.39, 0.29) is 0 Å². The molecule has 0 unspecified atom stereocenters. The van der Waals surface area contributed by atoms with E-state index in [1.54, 1.807) is 12.3 Å². The summed E-state index contributed by atoms with van der Waals surface area (Å²) in [6.45, 7) is 4.36. The van der Waals surface area contributed by atoms with Crippen LogP contribution in [0, 0.1) is 11.6 Å². The topological polar surface area (TPSA) is 42.7 Å². The number of aromatic nitrogens is 3. The number of hydrogen-bond acceptors (Lipinski definition) is 4. The highest BCUT2D eigenvalue weighted by Crippen LogP contribution is 2.34. The normalized spacial score (nSPS) is 14.4. The van der Waals surface area contributed by atoms with Crippen LogP contribution >= 0.6 is 0 Å². The van der Waals surface area contributed by atoms with Gasteiger partial charge in [-0.1, -0.05) is 30.3 Å². The number of pyridine rings is 2. The van der Waals surface area contributed by atoms with Crippen LogP contribution in [-0.4, -0.2) is 45.6 Å². The number of rotatable bonds is 5. The molecular formula is C29H24F2N4O. The van der Waals surface area contributed by atoms with E-state index in [0.717, 1.165) is 67.1 Å². The van der Waals surface area contributed by atoms with Crippen LogP contribution in [0.25, 0.3) is 39.4 Å². The Morgan fingerprint density at radius 3 is 2.42 bits per heavy atom. The summed E-state index contributed by atoms with van der Waals surface area (Å²) in [6.07, 6.45) is 3.69. The molecule has 1 aliphatic rings. The van der Waals surface area contributed by atoms with Crippen molar-refractivity contribution >= 4 is 5.65 Å². The SMILES string of the molecule is Fc1ccc(-c2nc3ccccn3c2-c2ccnc(-c3ccc(CN4CCOCC4)cc3)c2)cc1F. The molecule has 0 spiro atoms. The van der Waals surface area contributed by atoms with Crippen LogP contribution in [-0.2, 0) is 11.3 Å². The maximum Gasteiger partial charge on any atom is 0.159 e. The summed E-state index contributed by atoms with van der Waals surface area (Å²) in [5, 5.41) is 0. The Balaban J connectivity index is 1.37. The van der Waals surface area contributed by atoms with Crippen molar-refractivity contribution in [3.8, 4) is 33.8 Å². The van der Waals surface area contributed by atoms with Gasteiger partial charge in [0, 0.05) is 48.7 Å². The number of nitrogens with zero attached hydrogens (tertiary/aromatic N) is 4. The van der Waals surface area contributed by atoms with Crippen molar-refractivity contribution < 1.29 is 13.5 Å². The highest BCUT2D eigenvalue weighted by atomic mass is 19.2. The van der Waals surface area contributed by atoms with Crippen LogP contribution < -0.4 is 0 Å². The van der Waals surface area contributed by atoms with E-state index in [2.05, 4.69) is 34.1 Å². The lowest BCUT2D eigenvalue weighted by Gasteiger charge is -2.26. The quantitative estimate of drug-likeness (QED) is 0.316. The molecule has 0 radical (unpaired) electrons. The van der Waals surface area contributed by atoms with Gasteiger partial charge in [0.25, 0.3) is 0 Å². The number of fused-ring (bicyclic) bond motifs is 1. The van der Waals surface area contributed by atoms with Gasteiger partial charge in [-0.25, -0.2) is 13.8 Å². The first-order valence-electron chi connectivity index (χ1n) is 11.9. The van der Waals surface area contributed by atoms with Crippen molar-refractivity contribution in [3.63, 3.8) is 0 Å². The Labute approximate surface area is 207 Å². The molecule has 1 aliphatic heterocycles. The third kappa shape index (κ3) is 4.39. The summed E-state index contributed by atoms with van der Waals surface area (Å²) in [5.41, 5.74) is 6.58. The van der Waals surface area contributed by atoms with Crippen LogP contribution in [0.1, 0.15) is 5.56 Å². The predicted molar refractivity (Wildman–Crippen MR) is 135 cm³/mol.